The van der Waals surface area contributed by atoms with Gasteiger partial charge in [-0.1, -0.05) is 13.0 Å². The Kier molecular flexibility index (Phi) is 4.04. The number of benzene rings is 1. The number of carbonyl (C=O) groups excluding carboxylic acids is 1. The predicted molar refractivity (Wildman–Crippen MR) is 72.0 cm³/mol. The lowest BCUT2D eigenvalue weighted by Crippen LogP contribution is -2.45. The van der Waals surface area contributed by atoms with Crippen LogP contribution < -0.4 is 0 Å². The number of carboxylic acid groups (broad SMARTS) is 1. The number of amides is 1. The molecule has 0 aromatic heterocycles. The molecule has 5 heteroatoms. The van der Waals surface area contributed by atoms with Gasteiger partial charge < -0.3 is 10.0 Å². The van der Waals surface area contributed by atoms with Crippen LogP contribution in [0.15, 0.2) is 24.3 Å². The van der Waals surface area contributed by atoms with Gasteiger partial charge in [-0.05, 0) is 30.5 Å². The second-order valence-electron chi connectivity index (χ2n) is 5.28. The summed E-state index contributed by atoms with van der Waals surface area (Å²) in [6.07, 6.45) is 0.595. The monoisotopic (exact) mass is 272 g/mol. The van der Waals surface area contributed by atoms with Gasteiger partial charge in [-0.15, -0.1) is 0 Å². The van der Waals surface area contributed by atoms with Crippen molar-refractivity contribution < 1.29 is 14.7 Å². The highest BCUT2D eigenvalue weighted by atomic mass is 16.4. The molecule has 1 heterocycles. The summed E-state index contributed by atoms with van der Waals surface area (Å²) in [7, 11) is 0. The quantitative estimate of drug-likeness (QED) is 0.889. The molecule has 0 spiro atoms. The summed E-state index contributed by atoms with van der Waals surface area (Å²) in [5.74, 6) is -1.42. The number of aliphatic carboxylic acids is 1. The lowest BCUT2D eigenvalue weighted by Gasteiger charge is -2.34. The molecule has 5 nitrogen and oxygen atoms in total. The van der Waals surface area contributed by atoms with Crippen LogP contribution in [0.5, 0.6) is 0 Å². The second kappa shape index (κ2) is 5.74. The van der Waals surface area contributed by atoms with Gasteiger partial charge in [0.2, 0.25) is 0 Å². The maximum atomic E-state index is 12.4. The molecule has 1 fully saturated rings. The van der Waals surface area contributed by atoms with Crippen molar-refractivity contribution in [1.82, 2.24) is 4.90 Å². The van der Waals surface area contributed by atoms with Gasteiger partial charge in [-0.3, -0.25) is 9.59 Å². The van der Waals surface area contributed by atoms with E-state index in [1.807, 2.05) is 13.0 Å². The Bertz CT molecular complexity index is 577. The van der Waals surface area contributed by atoms with Crippen LogP contribution in [0.3, 0.4) is 0 Å². The van der Waals surface area contributed by atoms with Crippen LogP contribution in [0.4, 0.5) is 0 Å². The summed E-state index contributed by atoms with van der Waals surface area (Å²) in [6, 6.07) is 8.48. The standard InChI is InChI=1S/C15H16N2O3/c1-10-5-13(15(19)20)9-17(8-10)14(18)12-4-2-3-11(6-12)7-16/h2-4,6,10,13H,5,8-9H2,1H3,(H,19,20). The van der Waals surface area contributed by atoms with Crippen LogP contribution >= 0.6 is 0 Å². The first kappa shape index (κ1) is 14.1. The lowest BCUT2D eigenvalue weighted by molar-refractivity contribution is -0.143. The third-order valence-corrected chi connectivity index (χ3v) is 3.53. The zero-order valence-corrected chi connectivity index (χ0v) is 11.2. The Labute approximate surface area is 117 Å². The average Bonchev–Trinajstić information content (AvgIpc) is 2.45. The fraction of sp³-hybridized carbons (Fsp3) is 0.400. The maximum absolute atomic E-state index is 12.4. The largest absolute Gasteiger partial charge is 0.481 e. The van der Waals surface area contributed by atoms with E-state index >= 15 is 0 Å². The highest BCUT2D eigenvalue weighted by Gasteiger charge is 2.32. The van der Waals surface area contributed by atoms with E-state index < -0.39 is 11.9 Å². The van der Waals surface area contributed by atoms with E-state index in [9.17, 15) is 9.59 Å². The molecule has 1 amide bonds. The van der Waals surface area contributed by atoms with E-state index in [4.69, 9.17) is 10.4 Å². The van der Waals surface area contributed by atoms with Gasteiger partial charge in [-0.2, -0.15) is 5.26 Å². The smallest absolute Gasteiger partial charge is 0.308 e. The second-order valence-corrected chi connectivity index (χ2v) is 5.28. The van der Waals surface area contributed by atoms with Gasteiger partial charge >= 0.3 is 5.97 Å². The van der Waals surface area contributed by atoms with Gasteiger partial charge in [0, 0.05) is 18.7 Å². The van der Waals surface area contributed by atoms with Crippen molar-refractivity contribution in [3.63, 3.8) is 0 Å². The van der Waals surface area contributed by atoms with E-state index in [-0.39, 0.29) is 18.4 Å². The minimum Gasteiger partial charge on any atom is -0.481 e. The van der Waals surface area contributed by atoms with E-state index in [1.54, 1.807) is 23.1 Å². The Morgan fingerprint density at radius 1 is 1.40 bits per heavy atom. The number of hydrogen-bond acceptors (Lipinski definition) is 3. The molecule has 1 aliphatic heterocycles. The Morgan fingerprint density at radius 2 is 2.15 bits per heavy atom. The first-order valence-electron chi connectivity index (χ1n) is 6.53. The molecule has 1 aliphatic rings. The van der Waals surface area contributed by atoms with Crippen molar-refractivity contribution in [2.24, 2.45) is 11.8 Å². The van der Waals surface area contributed by atoms with Crippen LogP contribution in [-0.4, -0.2) is 35.0 Å². The molecule has 0 radical (unpaired) electrons. The molecule has 2 unspecified atom stereocenters. The van der Waals surface area contributed by atoms with E-state index in [2.05, 4.69) is 0 Å². The van der Waals surface area contributed by atoms with Crippen LogP contribution in [0.25, 0.3) is 0 Å². The molecule has 0 bridgehead atoms. The van der Waals surface area contributed by atoms with Crippen molar-refractivity contribution in [3.05, 3.63) is 35.4 Å². The highest BCUT2D eigenvalue weighted by molar-refractivity contribution is 5.95. The van der Waals surface area contributed by atoms with Crippen LogP contribution in [0.1, 0.15) is 29.3 Å². The molecule has 104 valence electrons. The molecule has 1 aromatic rings. The molecular formula is C15H16N2O3. The van der Waals surface area contributed by atoms with E-state index in [0.717, 1.165) is 0 Å². The van der Waals surface area contributed by atoms with Crippen molar-refractivity contribution in [1.29, 1.82) is 5.26 Å². The van der Waals surface area contributed by atoms with E-state index in [0.29, 0.717) is 24.1 Å². The van der Waals surface area contributed by atoms with Crippen LogP contribution in [0.2, 0.25) is 0 Å². The van der Waals surface area contributed by atoms with Crippen molar-refractivity contribution >= 4 is 11.9 Å². The first-order valence-corrected chi connectivity index (χ1v) is 6.53. The topological polar surface area (TPSA) is 81.4 Å². The molecule has 2 atom stereocenters. The minimum absolute atomic E-state index is 0.160. The maximum Gasteiger partial charge on any atom is 0.308 e. The molecule has 2 rings (SSSR count). The molecule has 0 aliphatic carbocycles. The number of carbonyl (C=O) groups is 2. The Balaban J connectivity index is 2.19. The number of hydrogen-bond donors (Lipinski definition) is 1. The molecule has 20 heavy (non-hydrogen) atoms. The molecule has 0 saturated carbocycles. The third-order valence-electron chi connectivity index (χ3n) is 3.53. The Morgan fingerprint density at radius 3 is 2.80 bits per heavy atom. The lowest BCUT2D eigenvalue weighted by atomic mass is 9.90. The molecular weight excluding hydrogens is 256 g/mol. The minimum atomic E-state index is -0.861. The Hall–Kier alpha value is -2.35. The third kappa shape index (κ3) is 2.97. The summed E-state index contributed by atoms with van der Waals surface area (Å²) in [4.78, 5) is 25.1. The number of carboxylic acids is 1. The van der Waals surface area contributed by atoms with Crippen molar-refractivity contribution in [2.45, 2.75) is 13.3 Å². The van der Waals surface area contributed by atoms with Gasteiger partial charge in [-0.25, -0.2) is 0 Å². The normalized spacial score (nSPS) is 22.1. The van der Waals surface area contributed by atoms with Crippen molar-refractivity contribution in [3.8, 4) is 6.07 Å². The zero-order valence-electron chi connectivity index (χ0n) is 11.2. The van der Waals surface area contributed by atoms with Crippen LogP contribution in [0, 0.1) is 23.2 Å². The number of likely N-dealkylation sites (tertiary alicyclic amines) is 1. The SMILES string of the molecule is CC1CC(C(=O)O)CN(C(=O)c2cccc(C#N)c2)C1. The fourth-order valence-corrected chi connectivity index (χ4v) is 2.60. The van der Waals surface area contributed by atoms with Gasteiger partial charge in [0.15, 0.2) is 0 Å². The average molecular weight is 272 g/mol. The summed E-state index contributed by atoms with van der Waals surface area (Å²) in [5, 5.41) is 18.0. The fourth-order valence-electron chi connectivity index (χ4n) is 2.60. The predicted octanol–water partition coefficient (Wildman–Crippen LogP) is 1.74. The first-order chi connectivity index (χ1) is 9.51. The van der Waals surface area contributed by atoms with E-state index in [1.165, 1.54) is 6.07 Å². The highest BCUT2D eigenvalue weighted by Crippen LogP contribution is 2.23. The summed E-state index contributed by atoms with van der Waals surface area (Å²) in [5.41, 5.74) is 0.859. The van der Waals surface area contributed by atoms with Gasteiger partial charge in [0.25, 0.3) is 5.91 Å². The number of piperidine rings is 1. The summed E-state index contributed by atoms with van der Waals surface area (Å²) < 4.78 is 0. The zero-order chi connectivity index (χ0) is 14.7. The molecule has 1 saturated heterocycles. The summed E-state index contributed by atoms with van der Waals surface area (Å²) >= 11 is 0. The van der Waals surface area contributed by atoms with Crippen LogP contribution in [-0.2, 0) is 4.79 Å². The molecule has 1 aromatic carbocycles. The molecule has 1 N–H and O–H groups in total. The number of nitrogens with zero attached hydrogens (tertiary/aromatic N) is 2. The van der Waals surface area contributed by atoms with Gasteiger partial charge in [0.1, 0.15) is 0 Å². The number of rotatable bonds is 2. The van der Waals surface area contributed by atoms with Crippen molar-refractivity contribution in [2.75, 3.05) is 13.1 Å². The summed E-state index contributed by atoms with van der Waals surface area (Å²) in [6.45, 7) is 2.73. The number of nitriles is 1. The van der Waals surface area contributed by atoms with Gasteiger partial charge in [0.05, 0.1) is 17.6 Å².